The Balaban J connectivity index is 1.38. The van der Waals surface area contributed by atoms with Crippen LogP contribution in [0.2, 0.25) is 0 Å². The molecule has 172 valence electrons. The number of aryl methyl sites for hydroxylation is 1. The molecule has 1 amide bonds. The normalized spacial score (nSPS) is 10.8. The van der Waals surface area contributed by atoms with Crippen LogP contribution in [-0.2, 0) is 4.79 Å². The minimum absolute atomic E-state index is 0.0990. The second-order valence-corrected chi connectivity index (χ2v) is 9.03. The third kappa shape index (κ3) is 5.18. The number of carbonyl (C=O) groups excluding carboxylic acids is 1. The number of thioether (sulfide) groups is 1. The molecule has 5 nitrogen and oxygen atoms in total. The molecule has 4 aromatic carbocycles. The van der Waals surface area contributed by atoms with Gasteiger partial charge in [0.25, 0.3) is 0 Å². The van der Waals surface area contributed by atoms with Gasteiger partial charge in [0.15, 0.2) is 11.0 Å². The van der Waals surface area contributed by atoms with Crippen LogP contribution in [0.15, 0.2) is 114 Å². The Morgan fingerprint density at radius 1 is 0.771 bits per heavy atom. The van der Waals surface area contributed by atoms with Crippen molar-refractivity contribution in [2.45, 2.75) is 12.1 Å². The molecule has 0 saturated carbocycles. The highest BCUT2D eigenvalue weighted by Gasteiger charge is 2.17. The van der Waals surface area contributed by atoms with Crippen molar-refractivity contribution in [3.05, 3.63) is 115 Å². The Labute approximate surface area is 208 Å². The Morgan fingerprint density at radius 2 is 1.40 bits per heavy atom. The van der Waals surface area contributed by atoms with Crippen LogP contribution in [0, 0.1) is 6.92 Å². The second kappa shape index (κ2) is 10.4. The minimum atomic E-state index is -0.0990. The van der Waals surface area contributed by atoms with Crippen molar-refractivity contribution in [2.24, 2.45) is 0 Å². The number of anilines is 1. The summed E-state index contributed by atoms with van der Waals surface area (Å²) in [4.78, 5) is 12.9. The predicted octanol–water partition coefficient (Wildman–Crippen LogP) is 6.64. The molecule has 5 rings (SSSR count). The summed E-state index contributed by atoms with van der Waals surface area (Å²) in [5.41, 5.74) is 5.93. The third-order valence-electron chi connectivity index (χ3n) is 5.58. The van der Waals surface area contributed by atoms with Crippen molar-refractivity contribution in [1.29, 1.82) is 0 Å². The van der Waals surface area contributed by atoms with E-state index in [4.69, 9.17) is 0 Å². The van der Waals surface area contributed by atoms with E-state index >= 15 is 0 Å². The van der Waals surface area contributed by atoms with E-state index in [0.29, 0.717) is 5.16 Å². The summed E-state index contributed by atoms with van der Waals surface area (Å²) in [6, 6.07) is 36.0. The zero-order valence-electron chi connectivity index (χ0n) is 19.3. The molecule has 0 bridgehead atoms. The van der Waals surface area contributed by atoms with Crippen LogP contribution in [0.1, 0.15) is 5.56 Å². The van der Waals surface area contributed by atoms with E-state index in [1.165, 1.54) is 17.3 Å². The number of nitrogens with zero attached hydrogens (tertiary/aromatic N) is 3. The molecule has 0 aliphatic heterocycles. The van der Waals surface area contributed by atoms with Crippen molar-refractivity contribution in [3.8, 4) is 28.2 Å². The van der Waals surface area contributed by atoms with Gasteiger partial charge in [-0.2, -0.15) is 0 Å². The van der Waals surface area contributed by atoms with E-state index in [9.17, 15) is 4.79 Å². The zero-order chi connectivity index (χ0) is 24.0. The van der Waals surface area contributed by atoms with E-state index in [0.717, 1.165) is 33.9 Å². The van der Waals surface area contributed by atoms with Gasteiger partial charge in [0, 0.05) is 22.5 Å². The molecule has 0 unspecified atom stereocenters. The van der Waals surface area contributed by atoms with Gasteiger partial charge in [-0.25, -0.2) is 0 Å². The van der Waals surface area contributed by atoms with Gasteiger partial charge in [-0.15, -0.1) is 10.2 Å². The number of para-hydroxylation sites is 1. The summed E-state index contributed by atoms with van der Waals surface area (Å²) < 4.78 is 2.00. The van der Waals surface area contributed by atoms with Crippen LogP contribution in [-0.4, -0.2) is 26.4 Å². The Hall–Kier alpha value is -4.16. The number of amides is 1. The molecule has 6 heteroatoms. The molecule has 1 heterocycles. The number of hydrogen-bond acceptors (Lipinski definition) is 4. The van der Waals surface area contributed by atoms with Crippen molar-refractivity contribution in [3.63, 3.8) is 0 Å². The summed E-state index contributed by atoms with van der Waals surface area (Å²) in [6.45, 7) is 2.06. The Kier molecular flexibility index (Phi) is 6.73. The molecule has 1 aromatic heterocycles. The molecule has 5 aromatic rings. The first-order chi connectivity index (χ1) is 17.2. The van der Waals surface area contributed by atoms with E-state index in [-0.39, 0.29) is 11.7 Å². The number of rotatable bonds is 7. The lowest BCUT2D eigenvalue weighted by Gasteiger charge is -2.12. The second-order valence-electron chi connectivity index (χ2n) is 8.09. The lowest BCUT2D eigenvalue weighted by Crippen LogP contribution is -2.15. The monoisotopic (exact) mass is 476 g/mol. The molecule has 0 aliphatic rings. The molecule has 1 N–H and O–H groups in total. The SMILES string of the molecule is Cc1ccc(-n2c(SCC(=O)Nc3ccccc3-c3ccccc3)nnc2-c2ccccc2)cc1. The molecule has 0 atom stereocenters. The fraction of sp³-hybridized carbons (Fsp3) is 0.0690. The Bertz CT molecular complexity index is 1430. The number of nitrogens with one attached hydrogen (secondary N) is 1. The number of hydrogen-bond donors (Lipinski definition) is 1. The lowest BCUT2D eigenvalue weighted by molar-refractivity contribution is -0.113. The van der Waals surface area contributed by atoms with Gasteiger partial charge in [-0.1, -0.05) is 108 Å². The van der Waals surface area contributed by atoms with Crippen LogP contribution in [0.4, 0.5) is 5.69 Å². The molecular formula is C29H24N4OS. The summed E-state index contributed by atoms with van der Waals surface area (Å²) in [6.07, 6.45) is 0. The van der Waals surface area contributed by atoms with E-state index in [1.807, 2.05) is 102 Å². The van der Waals surface area contributed by atoms with Crippen LogP contribution >= 0.6 is 11.8 Å². The van der Waals surface area contributed by atoms with E-state index < -0.39 is 0 Å². The van der Waals surface area contributed by atoms with Gasteiger partial charge in [0.1, 0.15) is 0 Å². The number of carbonyl (C=O) groups is 1. The van der Waals surface area contributed by atoms with Crippen molar-refractivity contribution >= 4 is 23.4 Å². The highest BCUT2D eigenvalue weighted by molar-refractivity contribution is 7.99. The zero-order valence-corrected chi connectivity index (χ0v) is 20.1. The summed E-state index contributed by atoms with van der Waals surface area (Å²) >= 11 is 1.37. The fourth-order valence-corrected chi connectivity index (χ4v) is 4.59. The van der Waals surface area contributed by atoms with Crippen LogP contribution < -0.4 is 5.32 Å². The summed E-state index contributed by atoms with van der Waals surface area (Å²) in [5.74, 6) is 0.854. The van der Waals surface area contributed by atoms with Crippen molar-refractivity contribution in [2.75, 3.05) is 11.1 Å². The topological polar surface area (TPSA) is 59.8 Å². The maximum atomic E-state index is 12.9. The molecule has 0 spiro atoms. The Morgan fingerprint density at radius 3 is 2.11 bits per heavy atom. The van der Waals surface area contributed by atoms with Gasteiger partial charge in [-0.05, 0) is 30.7 Å². The standard InChI is InChI=1S/C29H24N4OS/c1-21-16-18-24(19-17-21)33-28(23-12-6-3-7-13-23)31-32-29(33)35-20-27(34)30-26-15-9-8-14-25(26)22-10-4-2-5-11-22/h2-19H,20H2,1H3,(H,30,34). The smallest absolute Gasteiger partial charge is 0.234 e. The highest BCUT2D eigenvalue weighted by atomic mass is 32.2. The minimum Gasteiger partial charge on any atom is -0.325 e. The third-order valence-corrected chi connectivity index (χ3v) is 6.50. The maximum absolute atomic E-state index is 12.9. The predicted molar refractivity (Wildman–Crippen MR) is 143 cm³/mol. The maximum Gasteiger partial charge on any atom is 0.234 e. The van der Waals surface area contributed by atoms with Gasteiger partial charge in [0.2, 0.25) is 5.91 Å². The largest absolute Gasteiger partial charge is 0.325 e. The van der Waals surface area contributed by atoms with Gasteiger partial charge < -0.3 is 5.32 Å². The summed E-state index contributed by atoms with van der Waals surface area (Å²) in [7, 11) is 0. The van der Waals surface area contributed by atoms with Crippen LogP contribution in [0.5, 0.6) is 0 Å². The van der Waals surface area contributed by atoms with Crippen molar-refractivity contribution < 1.29 is 4.79 Å². The average Bonchev–Trinajstić information content (AvgIpc) is 3.33. The molecule has 35 heavy (non-hydrogen) atoms. The van der Waals surface area contributed by atoms with E-state index in [1.54, 1.807) is 0 Å². The first kappa shape index (κ1) is 22.6. The van der Waals surface area contributed by atoms with Crippen molar-refractivity contribution in [1.82, 2.24) is 14.8 Å². The average molecular weight is 477 g/mol. The van der Waals surface area contributed by atoms with E-state index in [2.05, 4.69) is 34.6 Å². The molecule has 0 radical (unpaired) electrons. The summed E-state index contributed by atoms with van der Waals surface area (Å²) in [5, 5.41) is 12.6. The number of aromatic nitrogens is 3. The van der Waals surface area contributed by atoms with Crippen LogP contribution in [0.25, 0.3) is 28.2 Å². The van der Waals surface area contributed by atoms with Gasteiger partial charge in [-0.3, -0.25) is 9.36 Å². The first-order valence-corrected chi connectivity index (χ1v) is 12.3. The molecular weight excluding hydrogens is 452 g/mol. The highest BCUT2D eigenvalue weighted by Crippen LogP contribution is 2.30. The molecule has 0 aliphatic carbocycles. The lowest BCUT2D eigenvalue weighted by atomic mass is 10.0. The van der Waals surface area contributed by atoms with Crippen LogP contribution in [0.3, 0.4) is 0 Å². The van der Waals surface area contributed by atoms with Gasteiger partial charge >= 0.3 is 0 Å². The molecule has 0 saturated heterocycles. The first-order valence-electron chi connectivity index (χ1n) is 11.3. The van der Waals surface area contributed by atoms with Gasteiger partial charge in [0.05, 0.1) is 5.75 Å². The fourth-order valence-electron chi connectivity index (χ4n) is 3.84. The number of benzene rings is 4. The molecule has 0 fully saturated rings. The quantitative estimate of drug-likeness (QED) is 0.268.